The van der Waals surface area contributed by atoms with Crippen LogP contribution in [0.5, 0.6) is 0 Å². The van der Waals surface area contributed by atoms with E-state index in [-0.39, 0.29) is 0 Å². The minimum atomic E-state index is -0.894. The van der Waals surface area contributed by atoms with Gasteiger partial charge in [0.1, 0.15) is 0 Å². The number of carbonyl (C=O) groups is 1. The van der Waals surface area contributed by atoms with Crippen LogP contribution in [0, 0.1) is 0 Å². The number of rotatable bonds is 2. The van der Waals surface area contributed by atoms with Crippen LogP contribution in [0.25, 0.3) is 10.1 Å². The van der Waals surface area contributed by atoms with Crippen molar-refractivity contribution in [3.63, 3.8) is 0 Å². The first-order valence-corrected chi connectivity index (χ1v) is 5.04. The Labute approximate surface area is 84.8 Å². The van der Waals surface area contributed by atoms with Crippen molar-refractivity contribution in [1.29, 1.82) is 0 Å². The normalized spacial score (nSPS) is 10.6. The maximum absolute atomic E-state index is 10.7. The summed E-state index contributed by atoms with van der Waals surface area (Å²) < 4.78 is 0.977. The Kier molecular flexibility index (Phi) is 2.23. The number of carboxylic acid groups (broad SMARTS) is 1. The molecule has 0 aliphatic rings. The lowest BCUT2D eigenvalue weighted by Gasteiger charge is -1.96. The zero-order valence-corrected chi connectivity index (χ0v) is 8.17. The highest BCUT2D eigenvalue weighted by Gasteiger charge is 2.06. The molecule has 0 saturated heterocycles. The lowest BCUT2D eigenvalue weighted by atomic mass is 10.1. The molecule has 2 rings (SSSR count). The molecule has 14 heavy (non-hydrogen) atoms. The van der Waals surface area contributed by atoms with Gasteiger partial charge < -0.3 is 10.8 Å². The van der Waals surface area contributed by atoms with Gasteiger partial charge >= 0.3 is 5.97 Å². The van der Waals surface area contributed by atoms with Crippen molar-refractivity contribution >= 4 is 27.4 Å². The van der Waals surface area contributed by atoms with Crippen LogP contribution in [0.2, 0.25) is 0 Å². The molecule has 0 spiro atoms. The van der Waals surface area contributed by atoms with Crippen LogP contribution in [0.1, 0.15) is 15.9 Å². The average molecular weight is 207 g/mol. The molecule has 3 N–H and O–H groups in total. The summed E-state index contributed by atoms with van der Waals surface area (Å²) in [5.74, 6) is -0.894. The molecule has 0 bridgehead atoms. The van der Waals surface area contributed by atoms with Crippen LogP contribution in [0.4, 0.5) is 0 Å². The smallest absolute Gasteiger partial charge is 0.335 e. The van der Waals surface area contributed by atoms with E-state index in [4.69, 9.17) is 10.8 Å². The Morgan fingerprint density at radius 1 is 1.50 bits per heavy atom. The van der Waals surface area contributed by atoms with Gasteiger partial charge in [0.05, 0.1) is 5.56 Å². The third kappa shape index (κ3) is 1.38. The van der Waals surface area contributed by atoms with Gasteiger partial charge in [0.25, 0.3) is 0 Å². The fourth-order valence-electron chi connectivity index (χ4n) is 1.37. The van der Waals surface area contributed by atoms with Gasteiger partial charge in [-0.15, -0.1) is 11.3 Å². The molecule has 0 radical (unpaired) electrons. The summed E-state index contributed by atoms with van der Waals surface area (Å²) >= 11 is 1.53. The summed E-state index contributed by atoms with van der Waals surface area (Å²) in [6.07, 6.45) is 0. The number of hydrogen-bond donors (Lipinski definition) is 2. The van der Waals surface area contributed by atoms with Gasteiger partial charge in [-0.2, -0.15) is 0 Å². The van der Waals surface area contributed by atoms with E-state index in [0.717, 1.165) is 15.6 Å². The molecule has 0 amide bonds. The summed E-state index contributed by atoms with van der Waals surface area (Å²) in [5.41, 5.74) is 6.94. The summed E-state index contributed by atoms with van der Waals surface area (Å²) in [5, 5.41) is 11.8. The minimum absolute atomic E-state index is 0.322. The van der Waals surface area contributed by atoms with E-state index in [1.807, 2.05) is 11.4 Å². The van der Waals surface area contributed by atoms with Gasteiger partial charge in [-0.05, 0) is 28.5 Å². The minimum Gasteiger partial charge on any atom is -0.478 e. The molecule has 1 aromatic carbocycles. The molecule has 72 valence electrons. The van der Waals surface area contributed by atoms with Crippen LogP contribution in [0.3, 0.4) is 0 Å². The number of hydrogen-bond acceptors (Lipinski definition) is 3. The first-order valence-electron chi connectivity index (χ1n) is 4.16. The summed E-state index contributed by atoms with van der Waals surface area (Å²) in [6.45, 7) is 0.492. The van der Waals surface area contributed by atoms with E-state index >= 15 is 0 Å². The average Bonchev–Trinajstić information content (AvgIpc) is 2.59. The highest BCUT2D eigenvalue weighted by molar-refractivity contribution is 7.17. The second-order valence-corrected chi connectivity index (χ2v) is 3.89. The third-order valence-corrected chi connectivity index (χ3v) is 3.12. The van der Waals surface area contributed by atoms with Crippen molar-refractivity contribution in [2.24, 2.45) is 5.73 Å². The van der Waals surface area contributed by atoms with E-state index in [1.54, 1.807) is 12.1 Å². The number of fused-ring (bicyclic) bond motifs is 1. The topological polar surface area (TPSA) is 63.3 Å². The SMILES string of the molecule is NCc1csc2cc(C(=O)O)ccc12. The van der Waals surface area contributed by atoms with Crippen molar-refractivity contribution in [3.05, 3.63) is 34.7 Å². The maximum atomic E-state index is 10.7. The zero-order valence-electron chi connectivity index (χ0n) is 7.36. The number of aromatic carboxylic acids is 1. The second-order valence-electron chi connectivity index (χ2n) is 2.98. The monoisotopic (exact) mass is 207 g/mol. The first kappa shape index (κ1) is 9.18. The standard InChI is InChI=1S/C10H9NO2S/c11-4-7-5-14-9-3-6(10(12)13)1-2-8(7)9/h1-3,5H,4,11H2,(H,12,13). The molecular formula is C10H9NO2S. The van der Waals surface area contributed by atoms with E-state index in [2.05, 4.69) is 0 Å². The fraction of sp³-hybridized carbons (Fsp3) is 0.100. The fourth-order valence-corrected chi connectivity index (χ4v) is 2.39. The van der Waals surface area contributed by atoms with Crippen LogP contribution in [-0.4, -0.2) is 11.1 Å². The molecule has 1 aromatic heterocycles. The number of benzene rings is 1. The van der Waals surface area contributed by atoms with Crippen molar-refractivity contribution in [1.82, 2.24) is 0 Å². The first-order chi connectivity index (χ1) is 6.72. The van der Waals surface area contributed by atoms with Gasteiger partial charge in [0.15, 0.2) is 0 Å². The Balaban J connectivity index is 2.63. The van der Waals surface area contributed by atoms with Crippen LogP contribution in [0.15, 0.2) is 23.6 Å². The van der Waals surface area contributed by atoms with Crippen molar-refractivity contribution in [2.45, 2.75) is 6.54 Å². The highest BCUT2D eigenvalue weighted by atomic mass is 32.1. The molecule has 0 aliphatic carbocycles. The van der Waals surface area contributed by atoms with E-state index < -0.39 is 5.97 Å². The summed E-state index contributed by atoms with van der Waals surface area (Å²) in [6, 6.07) is 5.11. The molecule has 0 saturated carbocycles. The van der Waals surface area contributed by atoms with Gasteiger partial charge in [-0.1, -0.05) is 6.07 Å². The Morgan fingerprint density at radius 3 is 2.93 bits per heavy atom. The predicted octanol–water partition coefficient (Wildman–Crippen LogP) is 2.06. The molecule has 0 atom stereocenters. The Bertz CT molecular complexity index is 490. The van der Waals surface area contributed by atoms with Gasteiger partial charge in [-0.25, -0.2) is 4.79 Å². The largest absolute Gasteiger partial charge is 0.478 e. The second kappa shape index (κ2) is 3.40. The lowest BCUT2D eigenvalue weighted by Crippen LogP contribution is -1.96. The molecular weight excluding hydrogens is 198 g/mol. The maximum Gasteiger partial charge on any atom is 0.335 e. The summed E-state index contributed by atoms with van der Waals surface area (Å²) in [4.78, 5) is 10.7. The zero-order chi connectivity index (χ0) is 10.1. The van der Waals surface area contributed by atoms with Crippen molar-refractivity contribution in [2.75, 3.05) is 0 Å². The lowest BCUT2D eigenvalue weighted by molar-refractivity contribution is 0.0697. The molecule has 1 heterocycles. The van der Waals surface area contributed by atoms with Crippen molar-refractivity contribution in [3.8, 4) is 0 Å². The predicted molar refractivity (Wildman–Crippen MR) is 56.7 cm³/mol. The van der Waals surface area contributed by atoms with Gasteiger partial charge in [-0.3, -0.25) is 0 Å². The van der Waals surface area contributed by atoms with E-state index in [9.17, 15) is 4.79 Å². The Hall–Kier alpha value is -1.39. The van der Waals surface area contributed by atoms with Crippen LogP contribution < -0.4 is 5.73 Å². The number of thiophene rings is 1. The Morgan fingerprint density at radius 2 is 2.29 bits per heavy atom. The number of nitrogens with two attached hydrogens (primary N) is 1. The molecule has 4 heteroatoms. The van der Waals surface area contributed by atoms with Crippen LogP contribution in [-0.2, 0) is 6.54 Å². The molecule has 3 nitrogen and oxygen atoms in total. The molecule has 0 fully saturated rings. The third-order valence-electron chi connectivity index (χ3n) is 2.12. The number of carboxylic acids is 1. The quantitative estimate of drug-likeness (QED) is 0.792. The molecule has 2 aromatic rings. The van der Waals surface area contributed by atoms with Gasteiger partial charge in [0.2, 0.25) is 0 Å². The molecule has 0 aliphatic heterocycles. The highest BCUT2D eigenvalue weighted by Crippen LogP contribution is 2.26. The van der Waals surface area contributed by atoms with Crippen LogP contribution >= 0.6 is 11.3 Å². The van der Waals surface area contributed by atoms with E-state index in [0.29, 0.717) is 12.1 Å². The van der Waals surface area contributed by atoms with Crippen molar-refractivity contribution < 1.29 is 9.90 Å². The molecule has 0 unspecified atom stereocenters. The summed E-state index contributed by atoms with van der Waals surface area (Å²) in [7, 11) is 0. The van der Waals surface area contributed by atoms with Gasteiger partial charge in [0, 0.05) is 11.2 Å². The van der Waals surface area contributed by atoms with E-state index in [1.165, 1.54) is 11.3 Å².